The maximum absolute atomic E-state index is 10.3. The third kappa shape index (κ3) is 5.02. The fraction of sp³-hybridized carbons (Fsp3) is 0.500. The predicted octanol–water partition coefficient (Wildman–Crippen LogP) is 1.25. The molecule has 0 unspecified atom stereocenters. The van der Waals surface area contributed by atoms with Crippen molar-refractivity contribution in [2.75, 3.05) is 19.7 Å². The van der Waals surface area contributed by atoms with E-state index in [2.05, 4.69) is 21.1 Å². The Morgan fingerprint density at radius 2 is 2.20 bits per heavy atom. The number of aromatic nitrogens is 3. The molecule has 1 aliphatic rings. The van der Waals surface area contributed by atoms with Gasteiger partial charge in [0.25, 0.3) is 0 Å². The lowest BCUT2D eigenvalue weighted by molar-refractivity contribution is 0.0609. The highest BCUT2D eigenvalue weighted by Crippen LogP contribution is 2.19. The van der Waals surface area contributed by atoms with Crippen LogP contribution in [0.25, 0.3) is 0 Å². The van der Waals surface area contributed by atoms with E-state index < -0.39 is 6.10 Å². The Bertz CT molecular complexity index is 680. The van der Waals surface area contributed by atoms with Crippen molar-refractivity contribution in [1.29, 1.82) is 5.26 Å². The first-order chi connectivity index (χ1) is 12.2. The van der Waals surface area contributed by atoms with E-state index in [9.17, 15) is 5.11 Å². The molecular weight excluding hydrogens is 318 g/mol. The van der Waals surface area contributed by atoms with Gasteiger partial charge in [0.2, 0.25) is 0 Å². The van der Waals surface area contributed by atoms with Crippen molar-refractivity contribution in [3.8, 4) is 11.8 Å². The zero-order valence-corrected chi connectivity index (χ0v) is 14.2. The average Bonchev–Trinajstić information content (AvgIpc) is 3.28. The van der Waals surface area contributed by atoms with Crippen molar-refractivity contribution < 1.29 is 9.84 Å². The minimum absolute atomic E-state index is 0.254. The van der Waals surface area contributed by atoms with Crippen LogP contribution in [0.5, 0.6) is 5.75 Å². The van der Waals surface area contributed by atoms with Crippen LogP contribution < -0.4 is 4.74 Å². The summed E-state index contributed by atoms with van der Waals surface area (Å²) in [4.78, 5) is 6.27. The number of ether oxygens (including phenoxy) is 1. The predicted molar refractivity (Wildman–Crippen MR) is 91.9 cm³/mol. The van der Waals surface area contributed by atoms with Crippen LogP contribution in [-0.2, 0) is 13.0 Å². The van der Waals surface area contributed by atoms with Crippen LogP contribution in [-0.4, -0.2) is 56.6 Å². The number of aliphatic hydroxyl groups excluding tert-OH is 1. The van der Waals surface area contributed by atoms with Crippen molar-refractivity contribution in [1.82, 2.24) is 19.7 Å². The van der Waals surface area contributed by atoms with E-state index in [1.165, 1.54) is 0 Å². The Morgan fingerprint density at radius 1 is 1.36 bits per heavy atom. The highest BCUT2D eigenvalue weighted by Gasteiger charge is 2.26. The van der Waals surface area contributed by atoms with Crippen LogP contribution in [0.3, 0.4) is 0 Å². The molecule has 2 aromatic rings. The number of nitrogens with zero attached hydrogens (tertiary/aromatic N) is 5. The molecule has 2 atom stereocenters. The standard InChI is InChI=1S/C18H23N5O2/c19-8-7-15-3-5-18(6-4-15)25-12-17(24)11-22-9-1-2-16(22)10-23-14-20-13-21-23/h3-6,13-14,16-17,24H,1-2,7,9-12H2/t16-,17+/m0/s1. The van der Waals surface area contributed by atoms with E-state index in [-0.39, 0.29) is 6.61 Å². The molecule has 0 radical (unpaired) electrons. The van der Waals surface area contributed by atoms with Gasteiger partial charge in [-0.1, -0.05) is 12.1 Å². The minimum atomic E-state index is -0.546. The molecular formula is C18H23N5O2. The van der Waals surface area contributed by atoms with Gasteiger partial charge in [-0.3, -0.25) is 9.58 Å². The third-order valence-corrected chi connectivity index (χ3v) is 4.46. The van der Waals surface area contributed by atoms with E-state index in [4.69, 9.17) is 10.00 Å². The van der Waals surface area contributed by atoms with Crippen molar-refractivity contribution in [2.24, 2.45) is 0 Å². The second kappa shape index (κ2) is 8.60. The summed E-state index contributed by atoms with van der Waals surface area (Å²) in [6, 6.07) is 9.92. The topological polar surface area (TPSA) is 87.2 Å². The summed E-state index contributed by atoms with van der Waals surface area (Å²) in [6.45, 7) is 2.63. The average molecular weight is 341 g/mol. The van der Waals surface area contributed by atoms with Crippen LogP contribution in [0.4, 0.5) is 0 Å². The molecule has 0 spiro atoms. The molecule has 3 rings (SSSR count). The van der Waals surface area contributed by atoms with Crippen molar-refractivity contribution in [2.45, 2.75) is 38.0 Å². The second-order valence-corrected chi connectivity index (χ2v) is 6.35. The summed E-state index contributed by atoms with van der Waals surface area (Å²) < 4.78 is 7.51. The van der Waals surface area contributed by atoms with Crippen LogP contribution in [0, 0.1) is 11.3 Å². The molecule has 1 fully saturated rings. The zero-order chi connectivity index (χ0) is 17.5. The quantitative estimate of drug-likeness (QED) is 0.777. The summed E-state index contributed by atoms with van der Waals surface area (Å²) in [7, 11) is 0. The van der Waals surface area contributed by atoms with Crippen molar-refractivity contribution in [3.05, 3.63) is 42.5 Å². The molecule has 7 nitrogen and oxygen atoms in total. The number of benzene rings is 1. The molecule has 0 saturated carbocycles. The lowest BCUT2D eigenvalue weighted by Crippen LogP contribution is -2.40. The van der Waals surface area contributed by atoms with Gasteiger partial charge in [-0.05, 0) is 37.1 Å². The number of hydrogen-bond donors (Lipinski definition) is 1. The number of likely N-dealkylation sites (tertiary alicyclic amines) is 1. The van der Waals surface area contributed by atoms with Crippen LogP contribution in [0.1, 0.15) is 18.4 Å². The van der Waals surface area contributed by atoms with Gasteiger partial charge in [-0.2, -0.15) is 10.4 Å². The monoisotopic (exact) mass is 341 g/mol. The summed E-state index contributed by atoms with van der Waals surface area (Å²) in [5, 5.41) is 23.1. The maximum Gasteiger partial charge on any atom is 0.137 e. The van der Waals surface area contributed by atoms with Crippen LogP contribution >= 0.6 is 0 Å². The first-order valence-corrected chi connectivity index (χ1v) is 8.58. The normalized spacial score (nSPS) is 18.8. The first-order valence-electron chi connectivity index (χ1n) is 8.58. The Labute approximate surface area is 147 Å². The van der Waals surface area contributed by atoms with E-state index in [1.54, 1.807) is 12.7 Å². The summed E-state index contributed by atoms with van der Waals surface area (Å²) in [5.74, 6) is 0.710. The SMILES string of the molecule is N#CCc1ccc(OC[C@H](O)CN2CCC[C@H]2Cn2cncn2)cc1. The Morgan fingerprint density at radius 3 is 2.92 bits per heavy atom. The van der Waals surface area contributed by atoms with Gasteiger partial charge in [0.15, 0.2) is 0 Å². The Balaban J connectivity index is 1.45. The highest BCUT2D eigenvalue weighted by atomic mass is 16.5. The molecule has 1 saturated heterocycles. The van der Waals surface area contributed by atoms with Crippen LogP contribution in [0.15, 0.2) is 36.9 Å². The highest BCUT2D eigenvalue weighted by molar-refractivity contribution is 5.28. The Hall–Kier alpha value is -2.43. The van der Waals surface area contributed by atoms with Gasteiger partial charge in [0, 0.05) is 12.6 Å². The molecule has 1 aromatic heterocycles. The number of nitriles is 1. The molecule has 0 amide bonds. The van der Waals surface area contributed by atoms with Gasteiger partial charge < -0.3 is 9.84 Å². The van der Waals surface area contributed by atoms with Crippen molar-refractivity contribution >= 4 is 0 Å². The molecule has 2 heterocycles. The lowest BCUT2D eigenvalue weighted by Gasteiger charge is -2.26. The lowest BCUT2D eigenvalue weighted by atomic mass is 10.2. The largest absolute Gasteiger partial charge is 0.491 e. The van der Waals surface area contributed by atoms with E-state index in [0.717, 1.165) is 31.5 Å². The van der Waals surface area contributed by atoms with Crippen molar-refractivity contribution in [3.63, 3.8) is 0 Å². The fourth-order valence-electron chi connectivity index (χ4n) is 3.20. The molecule has 25 heavy (non-hydrogen) atoms. The molecule has 132 valence electrons. The van der Waals surface area contributed by atoms with Gasteiger partial charge in [0.05, 0.1) is 19.0 Å². The summed E-state index contributed by atoms with van der Waals surface area (Å²) >= 11 is 0. The maximum atomic E-state index is 10.3. The van der Waals surface area contributed by atoms with Gasteiger partial charge in [0.1, 0.15) is 31.1 Å². The van der Waals surface area contributed by atoms with E-state index in [1.807, 2.05) is 28.9 Å². The first kappa shape index (κ1) is 17.4. The third-order valence-electron chi connectivity index (χ3n) is 4.46. The van der Waals surface area contributed by atoms with E-state index in [0.29, 0.717) is 24.8 Å². The smallest absolute Gasteiger partial charge is 0.137 e. The molecule has 7 heteroatoms. The molecule has 0 aliphatic carbocycles. The summed E-state index contributed by atoms with van der Waals surface area (Å²) in [5.41, 5.74) is 0.961. The number of rotatable bonds is 8. The number of aliphatic hydroxyl groups is 1. The fourth-order valence-corrected chi connectivity index (χ4v) is 3.20. The Kier molecular flexibility index (Phi) is 5.99. The molecule has 0 bridgehead atoms. The second-order valence-electron chi connectivity index (χ2n) is 6.35. The summed E-state index contributed by atoms with van der Waals surface area (Å²) in [6.07, 6.45) is 5.36. The van der Waals surface area contributed by atoms with Gasteiger partial charge >= 0.3 is 0 Å². The number of hydrogen-bond acceptors (Lipinski definition) is 6. The molecule has 1 aliphatic heterocycles. The van der Waals surface area contributed by atoms with Crippen LogP contribution in [0.2, 0.25) is 0 Å². The molecule has 1 N–H and O–H groups in total. The number of β-amino-alcohol motifs (C(OH)–C–C–N with tert-alkyl or cyclic N) is 1. The minimum Gasteiger partial charge on any atom is -0.491 e. The molecule has 1 aromatic carbocycles. The van der Waals surface area contributed by atoms with Gasteiger partial charge in [-0.15, -0.1) is 0 Å². The zero-order valence-electron chi connectivity index (χ0n) is 14.2. The van der Waals surface area contributed by atoms with Gasteiger partial charge in [-0.25, -0.2) is 4.98 Å². The van der Waals surface area contributed by atoms with E-state index >= 15 is 0 Å².